The summed E-state index contributed by atoms with van der Waals surface area (Å²) in [5.74, 6) is 0.565. The average Bonchev–Trinajstić information content (AvgIpc) is 3.15. The quantitative estimate of drug-likeness (QED) is 0.131. The van der Waals surface area contributed by atoms with Gasteiger partial charge in [-0.3, -0.25) is 0 Å². The Morgan fingerprint density at radius 1 is 0.383 bits per heavy atom. The molecule has 0 atom stereocenters. The first kappa shape index (κ1) is 30.1. The third-order valence-corrected chi connectivity index (χ3v) is 13.5. The molecule has 47 heavy (non-hydrogen) atoms. The fourth-order valence-electron chi connectivity index (χ4n) is 6.54. The molecule has 1 radical (unpaired) electrons. The van der Waals surface area contributed by atoms with Gasteiger partial charge < -0.3 is 14.6 Å². The lowest BCUT2D eigenvalue weighted by atomic mass is 10.0. The predicted molar refractivity (Wildman–Crippen MR) is 199 cm³/mol. The van der Waals surface area contributed by atoms with Gasteiger partial charge in [-0.1, -0.05) is 146 Å². The van der Waals surface area contributed by atoms with E-state index in [9.17, 15) is 0 Å². The number of benzene rings is 7. The average molecular weight is 623 g/mol. The van der Waals surface area contributed by atoms with Gasteiger partial charge in [-0.15, -0.1) is 0 Å². The van der Waals surface area contributed by atoms with E-state index in [0.29, 0.717) is 13.4 Å². The minimum atomic E-state index is -2.64. The van der Waals surface area contributed by atoms with Crippen LogP contribution in [0.15, 0.2) is 194 Å². The highest BCUT2D eigenvalue weighted by Gasteiger charge is 2.41. The van der Waals surface area contributed by atoms with Crippen LogP contribution in [0.25, 0.3) is 11.1 Å². The zero-order valence-electron chi connectivity index (χ0n) is 25.9. The summed E-state index contributed by atoms with van der Waals surface area (Å²) < 4.78 is 5.21. The molecule has 1 N–H and O–H groups in total. The highest BCUT2D eigenvalue weighted by molar-refractivity contribution is 7.19. The highest BCUT2D eigenvalue weighted by atomic mass is 28.3. The van der Waals surface area contributed by atoms with Gasteiger partial charge >= 0.3 is 7.69 Å². The van der Waals surface area contributed by atoms with Crippen LogP contribution in [0.4, 0.5) is 17.1 Å². The molecule has 0 spiro atoms. The second-order valence-corrected chi connectivity index (χ2v) is 15.2. The van der Waals surface area contributed by atoms with Gasteiger partial charge in [-0.25, -0.2) is 0 Å². The van der Waals surface area contributed by atoms with Crippen molar-refractivity contribution in [2.75, 3.05) is 4.90 Å². The summed E-state index contributed by atoms with van der Waals surface area (Å²) >= 11 is 0. The molecule has 0 saturated heterocycles. The summed E-state index contributed by atoms with van der Waals surface area (Å²) in [6.45, 7) is 0. The lowest BCUT2D eigenvalue weighted by molar-refractivity contribution is 0.454. The van der Waals surface area contributed by atoms with Crippen LogP contribution in [0.3, 0.4) is 0 Å². The van der Waals surface area contributed by atoms with Crippen LogP contribution in [0.1, 0.15) is 0 Å². The monoisotopic (exact) mass is 622 g/mol. The first-order valence-electron chi connectivity index (χ1n) is 15.7. The zero-order valence-corrected chi connectivity index (χ0v) is 26.9. The lowest BCUT2D eigenvalue weighted by Gasteiger charge is -2.35. The van der Waals surface area contributed by atoms with Crippen molar-refractivity contribution < 1.29 is 9.68 Å². The Labute approximate surface area is 278 Å². The summed E-state index contributed by atoms with van der Waals surface area (Å²) in [7, 11) is -1.94. The van der Waals surface area contributed by atoms with Crippen molar-refractivity contribution in [2.24, 2.45) is 0 Å². The van der Waals surface area contributed by atoms with Gasteiger partial charge in [-0.2, -0.15) is 0 Å². The van der Waals surface area contributed by atoms with E-state index in [1.54, 1.807) is 0 Å². The Morgan fingerprint density at radius 3 is 1.15 bits per heavy atom. The molecule has 0 saturated carbocycles. The molecule has 0 heterocycles. The summed E-state index contributed by atoms with van der Waals surface area (Å²) in [5.41, 5.74) is 5.41. The number of hydrogen-bond donors (Lipinski definition) is 1. The molecule has 0 aromatic heterocycles. The Kier molecular flexibility index (Phi) is 8.82. The standard InChI is InChI=1S/C42H33BNO2Si/c45-43-46-38-29-25-36(26-30-38)44(35-23-21-34(22-24-35)33-13-5-1-6-14-33)37-27-31-42(32-28-37)47(39-15-7-2-8-16-39,40-17-9-3-10-18-40)41-19-11-4-12-20-41/h1-32,45H. The molecule has 7 aromatic rings. The second kappa shape index (κ2) is 13.8. The van der Waals surface area contributed by atoms with Gasteiger partial charge in [0.1, 0.15) is 5.75 Å². The lowest BCUT2D eigenvalue weighted by Crippen LogP contribution is -2.74. The van der Waals surface area contributed by atoms with Crippen LogP contribution in [0, 0.1) is 0 Å². The van der Waals surface area contributed by atoms with Crippen molar-refractivity contribution in [1.29, 1.82) is 0 Å². The van der Waals surface area contributed by atoms with E-state index in [1.165, 1.54) is 26.3 Å². The predicted octanol–water partition coefficient (Wildman–Crippen LogP) is 7.11. The second-order valence-electron chi connectivity index (χ2n) is 11.4. The topological polar surface area (TPSA) is 32.7 Å². The number of anilines is 3. The minimum Gasteiger partial charge on any atom is -0.537 e. The van der Waals surface area contributed by atoms with E-state index in [1.807, 2.05) is 30.3 Å². The SMILES string of the molecule is O[B]Oc1ccc(N(c2ccc(-c3ccccc3)cc2)c2ccc([Si](c3ccccc3)(c3ccccc3)c3ccccc3)cc2)cc1. The number of nitrogens with zero attached hydrogens (tertiary/aromatic N) is 1. The van der Waals surface area contributed by atoms with Crippen molar-refractivity contribution in [3.8, 4) is 16.9 Å². The van der Waals surface area contributed by atoms with Crippen LogP contribution in [-0.4, -0.2) is 20.8 Å². The summed E-state index contributed by atoms with van der Waals surface area (Å²) in [6, 6.07) is 68.9. The van der Waals surface area contributed by atoms with E-state index in [2.05, 4.69) is 169 Å². The molecule has 0 fully saturated rings. The zero-order chi connectivity index (χ0) is 31.9. The molecule has 0 aliphatic heterocycles. The summed E-state index contributed by atoms with van der Waals surface area (Å²) in [4.78, 5) is 2.25. The van der Waals surface area contributed by atoms with E-state index in [4.69, 9.17) is 9.68 Å². The van der Waals surface area contributed by atoms with Crippen LogP contribution in [0.2, 0.25) is 0 Å². The van der Waals surface area contributed by atoms with Crippen LogP contribution in [-0.2, 0) is 0 Å². The molecule has 7 rings (SSSR count). The molecule has 0 amide bonds. The molecule has 3 nitrogen and oxygen atoms in total. The Morgan fingerprint density at radius 2 is 0.723 bits per heavy atom. The maximum absolute atomic E-state index is 9.16. The molecule has 0 aliphatic carbocycles. The molecule has 0 bridgehead atoms. The Balaban J connectivity index is 1.37. The molecule has 5 heteroatoms. The summed E-state index contributed by atoms with van der Waals surface area (Å²) in [6.07, 6.45) is 0. The van der Waals surface area contributed by atoms with Gasteiger partial charge in [0.05, 0.1) is 0 Å². The Hall–Kier alpha value is -5.62. The largest absolute Gasteiger partial charge is 0.569 e. The Bertz CT molecular complexity index is 1910. The van der Waals surface area contributed by atoms with Crippen molar-refractivity contribution in [3.63, 3.8) is 0 Å². The van der Waals surface area contributed by atoms with Crippen LogP contribution in [0.5, 0.6) is 5.75 Å². The van der Waals surface area contributed by atoms with Crippen molar-refractivity contribution in [2.45, 2.75) is 0 Å². The third-order valence-electron chi connectivity index (χ3n) is 8.70. The van der Waals surface area contributed by atoms with Crippen molar-refractivity contribution >= 4 is 53.6 Å². The van der Waals surface area contributed by atoms with Gasteiger partial charge in [0.15, 0.2) is 8.07 Å². The molecular formula is C42H33BNO2Si. The van der Waals surface area contributed by atoms with E-state index >= 15 is 0 Å². The maximum Gasteiger partial charge on any atom is 0.569 e. The molecule has 225 valence electrons. The van der Waals surface area contributed by atoms with Gasteiger partial charge in [0, 0.05) is 17.1 Å². The normalized spacial score (nSPS) is 11.1. The maximum atomic E-state index is 9.16. The first-order valence-corrected chi connectivity index (χ1v) is 17.7. The first-order chi connectivity index (χ1) is 23.3. The fourth-order valence-corrected chi connectivity index (χ4v) is 11.3. The molecule has 0 aliphatic rings. The summed E-state index contributed by atoms with van der Waals surface area (Å²) in [5, 5.41) is 14.5. The number of hydrogen-bond acceptors (Lipinski definition) is 3. The van der Waals surface area contributed by atoms with Gasteiger partial charge in [-0.05, 0) is 80.4 Å². The van der Waals surface area contributed by atoms with Crippen LogP contribution >= 0.6 is 0 Å². The van der Waals surface area contributed by atoms with Crippen LogP contribution < -0.4 is 30.3 Å². The molecular weight excluding hydrogens is 589 g/mol. The van der Waals surface area contributed by atoms with Gasteiger partial charge in [0.25, 0.3) is 0 Å². The highest BCUT2D eigenvalue weighted by Crippen LogP contribution is 2.36. The van der Waals surface area contributed by atoms with Crippen molar-refractivity contribution in [1.82, 2.24) is 0 Å². The smallest absolute Gasteiger partial charge is 0.537 e. The van der Waals surface area contributed by atoms with E-state index in [0.717, 1.165) is 22.6 Å². The van der Waals surface area contributed by atoms with Gasteiger partial charge in [0.2, 0.25) is 0 Å². The third kappa shape index (κ3) is 6.02. The minimum absolute atomic E-state index is 0.565. The number of rotatable bonds is 10. The van der Waals surface area contributed by atoms with E-state index in [-0.39, 0.29) is 0 Å². The van der Waals surface area contributed by atoms with E-state index < -0.39 is 8.07 Å². The fraction of sp³-hybridized carbons (Fsp3) is 0. The molecule has 7 aromatic carbocycles. The van der Waals surface area contributed by atoms with Crippen molar-refractivity contribution in [3.05, 3.63) is 194 Å². The molecule has 0 unspecified atom stereocenters.